The van der Waals surface area contributed by atoms with Crippen LogP contribution < -0.4 is 10.5 Å². The van der Waals surface area contributed by atoms with Gasteiger partial charge in [-0.1, -0.05) is 12.5 Å². The van der Waals surface area contributed by atoms with E-state index < -0.39 is 0 Å². The number of carbonyl (C=O) groups excluding carboxylic acids is 1. The van der Waals surface area contributed by atoms with E-state index in [0.29, 0.717) is 15.1 Å². The van der Waals surface area contributed by atoms with Crippen molar-refractivity contribution in [3.63, 3.8) is 0 Å². The van der Waals surface area contributed by atoms with Gasteiger partial charge in [0.2, 0.25) is 0 Å². The highest BCUT2D eigenvalue weighted by Gasteiger charge is 2.24. The van der Waals surface area contributed by atoms with Crippen LogP contribution in [0.5, 0.6) is 0 Å². The largest absolute Gasteiger partial charge is 0.311 e. The number of nitrogens with zero attached hydrogens (tertiary/aromatic N) is 3. The smallest absolute Gasteiger partial charge is 0.268 e. The monoisotopic (exact) mass is 395 g/mol. The van der Waals surface area contributed by atoms with Crippen LogP contribution in [0.2, 0.25) is 0 Å². The van der Waals surface area contributed by atoms with E-state index >= 15 is 0 Å². The number of rotatable bonds is 2. The van der Waals surface area contributed by atoms with E-state index in [-0.39, 0.29) is 11.5 Å². The standard InChI is InChI=1S/C22H25N3O2S/c1-13-9-10-16(12-14(13)2)24(4)22(27)19-15(3)18-20(28-19)23-17-8-6-5-7-11-25(17)21(18)26/h9-10,12H,5-8,11H2,1-4H3. The first kappa shape index (κ1) is 18.9. The highest BCUT2D eigenvalue weighted by atomic mass is 32.1. The number of amides is 1. The minimum atomic E-state index is -0.0941. The molecular weight excluding hydrogens is 370 g/mol. The molecule has 0 saturated heterocycles. The van der Waals surface area contributed by atoms with Crippen LogP contribution in [0, 0.1) is 20.8 Å². The molecular formula is C22H25N3O2S. The summed E-state index contributed by atoms with van der Waals surface area (Å²) >= 11 is 1.34. The summed E-state index contributed by atoms with van der Waals surface area (Å²) in [5, 5.41) is 0.604. The van der Waals surface area contributed by atoms with Gasteiger partial charge in [0.25, 0.3) is 11.5 Å². The molecule has 1 amide bonds. The molecule has 0 saturated carbocycles. The number of carbonyl (C=O) groups is 1. The number of anilines is 1. The molecule has 4 rings (SSSR count). The Hall–Kier alpha value is -2.47. The third-order valence-corrected chi connectivity index (χ3v) is 6.96. The number of fused-ring (bicyclic) bond motifs is 2. The molecule has 28 heavy (non-hydrogen) atoms. The van der Waals surface area contributed by atoms with Crippen LogP contribution in [0.3, 0.4) is 0 Å². The minimum Gasteiger partial charge on any atom is -0.311 e. The molecule has 0 unspecified atom stereocenters. The molecule has 0 fully saturated rings. The quantitative estimate of drug-likeness (QED) is 0.647. The van der Waals surface area contributed by atoms with Crippen LogP contribution in [0.1, 0.15) is 51.4 Å². The molecule has 6 heteroatoms. The zero-order valence-corrected chi connectivity index (χ0v) is 17.7. The Morgan fingerprint density at radius 2 is 1.93 bits per heavy atom. The fourth-order valence-corrected chi connectivity index (χ4v) is 4.98. The molecule has 0 atom stereocenters. The zero-order chi connectivity index (χ0) is 20.0. The van der Waals surface area contributed by atoms with Gasteiger partial charge >= 0.3 is 0 Å². The number of aromatic nitrogens is 2. The maximum atomic E-state index is 13.2. The van der Waals surface area contributed by atoms with Gasteiger partial charge in [0.05, 0.1) is 10.3 Å². The summed E-state index contributed by atoms with van der Waals surface area (Å²) < 4.78 is 1.82. The number of hydrogen-bond acceptors (Lipinski definition) is 4. The predicted octanol–water partition coefficient (Wildman–Crippen LogP) is 4.39. The second-order valence-corrected chi connectivity index (χ2v) is 8.66. The summed E-state index contributed by atoms with van der Waals surface area (Å²) in [6, 6.07) is 6.00. The normalized spacial score (nSPS) is 14.0. The Kier molecular flexibility index (Phi) is 4.83. The lowest BCUT2D eigenvalue weighted by atomic mass is 10.1. The average molecular weight is 396 g/mol. The van der Waals surface area contributed by atoms with Gasteiger partial charge in [-0.3, -0.25) is 14.2 Å². The topological polar surface area (TPSA) is 55.2 Å². The molecule has 5 nitrogen and oxygen atoms in total. The molecule has 3 aromatic rings. The first-order valence-corrected chi connectivity index (χ1v) is 10.6. The predicted molar refractivity (Wildman–Crippen MR) is 115 cm³/mol. The highest BCUT2D eigenvalue weighted by Crippen LogP contribution is 2.30. The van der Waals surface area contributed by atoms with Crippen molar-refractivity contribution in [2.75, 3.05) is 11.9 Å². The van der Waals surface area contributed by atoms with Crippen molar-refractivity contribution in [1.29, 1.82) is 0 Å². The summed E-state index contributed by atoms with van der Waals surface area (Å²) in [6.45, 7) is 6.69. The maximum Gasteiger partial charge on any atom is 0.268 e. The molecule has 0 spiro atoms. The lowest BCUT2D eigenvalue weighted by molar-refractivity contribution is 0.0996. The summed E-state index contributed by atoms with van der Waals surface area (Å²) in [5.41, 5.74) is 3.95. The van der Waals surface area contributed by atoms with Gasteiger partial charge in [-0.05, 0) is 62.4 Å². The highest BCUT2D eigenvalue weighted by molar-refractivity contribution is 7.20. The van der Waals surface area contributed by atoms with Gasteiger partial charge in [-0.25, -0.2) is 4.98 Å². The summed E-state index contributed by atoms with van der Waals surface area (Å²) in [6.07, 6.45) is 4.02. The number of hydrogen-bond donors (Lipinski definition) is 0. The molecule has 0 bridgehead atoms. The molecule has 1 aromatic carbocycles. The Morgan fingerprint density at radius 1 is 1.14 bits per heavy atom. The first-order chi connectivity index (χ1) is 13.4. The molecule has 0 aliphatic carbocycles. The van der Waals surface area contributed by atoms with E-state index in [0.717, 1.165) is 54.9 Å². The summed E-state index contributed by atoms with van der Waals surface area (Å²) in [7, 11) is 1.78. The van der Waals surface area contributed by atoms with Crippen LogP contribution in [0.25, 0.3) is 10.2 Å². The van der Waals surface area contributed by atoms with Crippen LogP contribution in [-0.4, -0.2) is 22.5 Å². The fraction of sp³-hybridized carbons (Fsp3) is 0.409. The van der Waals surface area contributed by atoms with Crippen molar-refractivity contribution in [3.8, 4) is 0 Å². The van der Waals surface area contributed by atoms with E-state index in [4.69, 9.17) is 4.98 Å². The van der Waals surface area contributed by atoms with Crippen molar-refractivity contribution in [1.82, 2.24) is 9.55 Å². The molecule has 2 aromatic heterocycles. The lowest BCUT2D eigenvalue weighted by Crippen LogP contribution is -2.26. The third-order valence-electron chi connectivity index (χ3n) is 5.79. The van der Waals surface area contributed by atoms with Crippen molar-refractivity contribution in [2.45, 2.75) is 53.0 Å². The molecule has 1 aliphatic heterocycles. The van der Waals surface area contributed by atoms with Gasteiger partial charge in [0, 0.05) is 25.7 Å². The van der Waals surface area contributed by atoms with Gasteiger partial charge < -0.3 is 4.90 Å². The fourth-order valence-electron chi connectivity index (χ4n) is 3.82. The van der Waals surface area contributed by atoms with Crippen molar-refractivity contribution in [3.05, 3.63) is 55.9 Å². The Balaban J connectivity index is 1.79. The molecule has 1 aliphatic rings. The van der Waals surface area contributed by atoms with Gasteiger partial charge in [-0.15, -0.1) is 11.3 Å². The Bertz CT molecular complexity index is 1140. The number of benzene rings is 1. The number of thiophene rings is 1. The third kappa shape index (κ3) is 3.05. The zero-order valence-electron chi connectivity index (χ0n) is 16.8. The second-order valence-electron chi connectivity index (χ2n) is 7.66. The molecule has 0 radical (unpaired) electrons. The Morgan fingerprint density at radius 3 is 2.68 bits per heavy atom. The van der Waals surface area contributed by atoms with Crippen LogP contribution in [0.4, 0.5) is 5.69 Å². The van der Waals surface area contributed by atoms with E-state index in [9.17, 15) is 9.59 Å². The van der Waals surface area contributed by atoms with Crippen molar-refractivity contribution >= 4 is 33.1 Å². The van der Waals surface area contributed by atoms with E-state index in [1.807, 2.05) is 36.6 Å². The van der Waals surface area contributed by atoms with E-state index in [1.165, 1.54) is 16.9 Å². The van der Waals surface area contributed by atoms with Gasteiger partial charge in [0.15, 0.2) is 0 Å². The van der Waals surface area contributed by atoms with Crippen molar-refractivity contribution < 1.29 is 4.79 Å². The molecule has 3 heterocycles. The van der Waals surface area contributed by atoms with E-state index in [1.54, 1.807) is 11.9 Å². The van der Waals surface area contributed by atoms with Crippen LogP contribution in [0.15, 0.2) is 23.0 Å². The molecule has 146 valence electrons. The first-order valence-electron chi connectivity index (χ1n) is 9.76. The maximum absolute atomic E-state index is 13.2. The second kappa shape index (κ2) is 7.17. The van der Waals surface area contributed by atoms with Gasteiger partial charge in [-0.2, -0.15) is 0 Å². The summed E-state index contributed by atoms with van der Waals surface area (Å²) in [5.74, 6) is 0.765. The molecule has 0 N–H and O–H groups in total. The van der Waals surface area contributed by atoms with Crippen LogP contribution >= 0.6 is 11.3 Å². The summed E-state index contributed by atoms with van der Waals surface area (Å²) in [4.78, 5) is 34.0. The van der Waals surface area contributed by atoms with Gasteiger partial charge in [0.1, 0.15) is 10.7 Å². The van der Waals surface area contributed by atoms with Crippen molar-refractivity contribution in [2.24, 2.45) is 0 Å². The average Bonchev–Trinajstić information content (AvgIpc) is 2.85. The Labute approximate surface area is 168 Å². The lowest BCUT2D eigenvalue weighted by Gasteiger charge is -2.18. The van der Waals surface area contributed by atoms with E-state index in [2.05, 4.69) is 6.92 Å². The van der Waals surface area contributed by atoms with Crippen LogP contribution in [-0.2, 0) is 13.0 Å². The minimum absolute atomic E-state index is 0.00327. The number of aryl methyl sites for hydroxylation is 4. The SMILES string of the molecule is Cc1ccc(N(C)C(=O)c2sc3nc4n(c(=O)c3c2C)CCCCC4)cc1C.